The molecule has 220 valence electrons. The molecule has 5 rings (SSSR count). The van der Waals surface area contributed by atoms with Crippen LogP contribution >= 0.6 is 0 Å². The Balaban J connectivity index is 1.46. The maximum absolute atomic E-state index is 14.7. The van der Waals surface area contributed by atoms with Gasteiger partial charge in [0.25, 0.3) is 5.91 Å². The van der Waals surface area contributed by atoms with Crippen LogP contribution in [0, 0.1) is 12.7 Å². The summed E-state index contributed by atoms with van der Waals surface area (Å²) in [5.74, 6) is -0.751. The number of rotatable bonds is 6. The van der Waals surface area contributed by atoms with E-state index in [1.54, 1.807) is 10.7 Å². The first-order valence-electron chi connectivity index (χ1n) is 13.6. The Bertz CT molecular complexity index is 1660. The number of anilines is 2. The van der Waals surface area contributed by atoms with E-state index in [-0.39, 0.29) is 28.9 Å². The second-order valence-corrected chi connectivity index (χ2v) is 11.3. The van der Waals surface area contributed by atoms with Crippen molar-refractivity contribution in [1.29, 1.82) is 0 Å². The molecule has 12 heteroatoms. The first-order chi connectivity index (χ1) is 19.9. The molecule has 2 aromatic carbocycles. The van der Waals surface area contributed by atoms with E-state index in [0.29, 0.717) is 25.2 Å². The van der Waals surface area contributed by atoms with Gasteiger partial charge in [-0.15, -0.1) is 0 Å². The molecule has 1 aliphatic rings. The first kappa shape index (κ1) is 28.8. The third kappa shape index (κ3) is 5.97. The molecule has 3 heterocycles. The highest BCUT2D eigenvalue weighted by molar-refractivity contribution is 6.09. The monoisotopic (exact) mass is 575 g/mol. The van der Waals surface area contributed by atoms with Gasteiger partial charge in [0.1, 0.15) is 22.9 Å². The van der Waals surface area contributed by atoms with Gasteiger partial charge in [0.2, 0.25) is 0 Å². The minimum atomic E-state index is -0.600. The van der Waals surface area contributed by atoms with Crippen LogP contribution in [-0.2, 0) is 11.8 Å². The van der Waals surface area contributed by atoms with Crippen molar-refractivity contribution >= 4 is 34.3 Å². The van der Waals surface area contributed by atoms with Crippen molar-refractivity contribution in [2.45, 2.75) is 45.8 Å². The summed E-state index contributed by atoms with van der Waals surface area (Å²) in [5.41, 5.74) is 2.58. The molecule has 0 saturated carbocycles. The molecule has 0 aliphatic carbocycles. The average Bonchev–Trinajstić information content (AvgIpc) is 3.54. The van der Waals surface area contributed by atoms with E-state index in [2.05, 4.69) is 30.6 Å². The number of methoxy groups -OCH3 is 1. The fraction of sp³-hybridized carbons (Fsp3) is 0.367. The lowest BCUT2D eigenvalue weighted by Crippen LogP contribution is -2.40. The molecule has 2 N–H and O–H groups in total. The molecule has 0 bridgehead atoms. The standard InChI is InChI=1S/C30H34FN7O4/c1-17-14-22(35-28(39)21-10-12-32-27(34-21)24-20(31)8-7-9-23(24)41-6)26(19-16-37(5)36-25(17)19)38-13-11-18(15-38)33-29(40)42-30(2,3)4/h7-10,12,14,16,18H,11,13,15H2,1-6H3,(H,33,40)(H,35,39)/t18-/m1/s1. The fourth-order valence-electron chi connectivity index (χ4n) is 5.13. The Morgan fingerprint density at radius 1 is 1.19 bits per heavy atom. The minimum absolute atomic E-state index is 0.0346. The molecule has 11 nitrogen and oxygen atoms in total. The SMILES string of the molecule is COc1cccc(F)c1-c1nccc(C(=O)Nc2cc(C)c3nn(C)cc3c2N2CC[C@@H](NC(=O)OC(C)(C)C)C2)n1. The largest absolute Gasteiger partial charge is 0.496 e. The van der Waals surface area contributed by atoms with Crippen LogP contribution in [0.5, 0.6) is 5.75 Å². The van der Waals surface area contributed by atoms with Crippen LogP contribution < -0.4 is 20.3 Å². The summed E-state index contributed by atoms with van der Waals surface area (Å²) in [6, 6.07) is 7.62. The molecular formula is C30H34FN7O4. The maximum Gasteiger partial charge on any atom is 0.407 e. The van der Waals surface area contributed by atoms with Crippen LogP contribution in [0.15, 0.2) is 42.7 Å². The highest BCUT2D eigenvalue weighted by Crippen LogP contribution is 2.38. The van der Waals surface area contributed by atoms with Crippen molar-refractivity contribution in [2.24, 2.45) is 7.05 Å². The number of alkyl carbamates (subject to hydrolysis) is 1. The van der Waals surface area contributed by atoms with Crippen molar-refractivity contribution in [2.75, 3.05) is 30.4 Å². The predicted molar refractivity (Wildman–Crippen MR) is 157 cm³/mol. The number of nitrogens with zero attached hydrogens (tertiary/aromatic N) is 5. The molecule has 1 atom stereocenters. The molecule has 1 saturated heterocycles. The van der Waals surface area contributed by atoms with Gasteiger partial charge in [-0.2, -0.15) is 5.10 Å². The zero-order valence-electron chi connectivity index (χ0n) is 24.5. The highest BCUT2D eigenvalue weighted by atomic mass is 19.1. The molecule has 2 amide bonds. The Kier molecular flexibility index (Phi) is 7.72. The fourth-order valence-corrected chi connectivity index (χ4v) is 5.13. The maximum atomic E-state index is 14.7. The number of hydrogen-bond donors (Lipinski definition) is 2. The highest BCUT2D eigenvalue weighted by Gasteiger charge is 2.30. The number of carbonyl (C=O) groups is 2. The van der Waals surface area contributed by atoms with Crippen molar-refractivity contribution in [3.63, 3.8) is 0 Å². The Hall–Kier alpha value is -4.74. The summed E-state index contributed by atoms with van der Waals surface area (Å²) in [7, 11) is 3.27. The summed E-state index contributed by atoms with van der Waals surface area (Å²) >= 11 is 0. The van der Waals surface area contributed by atoms with E-state index in [4.69, 9.17) is 9.47 Å². The van der Waals surface area contributed by atoms with Gasteiger partial charge in [0, 0.05) is 37.9 Å². The van der Waals surface area contributed by atoms with E-state index < -0.39 is 23.4 Å². The van der Waals surface area contributed by atoms with Crippen LogP contribution in [0.3, 0.4) is 0 Å². The van der Waals surface area contributed by atoms with Gasteiger partial charge in [0.15, 0.2) is 5.82 Å². The molecule has 1 aliphatic heterocycles. The molecule has 2 aromatic heterocycles. The van der Waals surface area contributed by atoms with Gasteiger partial charge < -0.3 is 25.0 Å². The van der Waals surface area contributed by atoms with Crippen LogP contribution in [0.2, 0.25) is 0 Å². The molecule has 42 heavy (non-hydrogen) atoms. The van der Waals surface area contributed by atoms with Gasteiger partial charge in [-0.05, 0) is 63.9 Å². The van der Waals surface area contributed by atoms with Crippen molar-refractivity contribution < 1.29 is 23.5 Å². The number of aryl methyl sites for hydroxylation is 2. The zero-order valence-corrected chi connectivity index (χ0v) is 24.5. The van der Waals surface area contributed by atoms with Gasteiger partial charge in [0.05, 0.1) is 35.6 Å². The van der Waals surface area contributed by atoms with Crippen molar-refractivity contribution in [1.82, 2.24) is 25.1 Å². The number of aromatic nitrogens is 4. The van der Waals surface area contributed by atoms with Crippen molar-refractivity contribution in [3.8, 4) is 17.1 Å². The Morgan fingerprint density at radius 3 is 2.71 bits per heavy atom. The van der Waals surface area contributed by atoms with Crippen LogP contribution in [0.1, 0.15) is 43.2 Å². The summed E-state index contributed by atoms with van der Waals surface area (Å²) in [6.45, 7) is 8.55. The second kappa shape index (κ2) is 11.3. The van der Waals surface area contributed by atoms with Crippen LogP contribution in [0.25, 0.3) is 22.3 Å². The number of nitrogens with one attached hydrogen (secondary N) is 2. The molecule has 0 unspecified atom stereocenters. The third-order valence-corrected chi connectivity index (χ3v) is 6.85. The van der Waals surface area contributed by atoms with E-state index in [1.807, 2.05) is 47.0 Å². The molecule has 0 spiro atoms. The summed E-state index contributed by atoms with van der Waals surface area (Å²) in [4.78, 5) is 36.6. The lowest BCUT2D eigenvalue weighted by Gasteiger charge is -2.25. The normalized spacial score (nSPS) is 15.1. The van der Waals surface area contributed by atoms with Gasteiger partial charge in [-0.1, -0.05) is 6.07 Å². The number of halogens is 1. The van der Waals surface area contributed by atoms with Crippen LogP contribution in [-0.4, -0.2) is 63.6 Å². The number of ether oxygens (including phenoxy) is 2. The molecular weight excluding hydrogens is 541 g/mol. The summed E-state index contributed by atoms with van der Waals surface area (Å²) in [5, 5.41) is 11.4. The smallest absolute Gasteiger partial charge is 0.407 e. The van der Waals surface area contributed by atoms with Crippen LogP contribution in [0.4, 0.5) is 20.6 Å². The average molecular weight is 576 g/mol. The number of benzene rings is 2. The van der Waals surface area contributed by atoms with Crippen molar-refractivity contribution in [3.05, 3.63) is 59.8 Å². The number of amides is 2. The topological polar surface area (TPSA) is 124 Å². The zero-order chi connectivity index (χ0) is 30.2. The predicted octanol–water partition coefficient (Wildman–Crippen LogP) is 4.84. The number of carbonyl (C=O) groups excluding carboxylic acids is 2. The van der Waals surface area contributed by atoms with E-state index in [1.165, 1.54) is 31.5 Å². The van der Waals surface area contributed by atoms with E-state index >= 15 is 0 Å². The quantitative estimate of drug-likeness (QED) is 0.335. The van der Waals surface area contributed by atoms with Gasteiger partial charge >= 0.3 is 6.09 Å². The van der Waals surface area contributed by atoms with Gasteiger partial charge in [-0.25, -0.2) is 19.2 Å². The Labute approximate surface area is 243 Å². The van der Waals surface area contributed by atoms with E-state index in [9.17, 15) is 14.0 Å². The number of hydrogen-bond acceptors (Lipinski definition) is 8. The lowest BCUT2D eigenvalue weighted by molar-refractivity contribution is 0.0509. The minimum Gasteiger partial charge on any atom is -0.496 e. The van der Waals surface area contributed by atoms with Gasteiger partial charge in [-0.3, -0.25) is 9.48 Å². The number of fused-ring (bicyclic) bond motifs is 1. The summed E-state index contributed by atoms with van der Waals surface area (Å²) < 4.78 is 27.2. The summed E-state index contributed by atoms with van der Waals surface area (Å²) in [6.07, 6.45) is 3.55. The second-order valence-electron chi connectivity index (χ2n) is 11.3. The molecule has 0 radical (unpaired) electrons. The van der Waals surface area contributed by atoms with E-state index in [0.717, 1.165) is 22.2 Å². The molecule has 4 aromatic rings. The first-order valence-corrected chi connectivity index (χ1v) is 13.6. The Morgan fingerprint density at radius 2 is 1.98 bits per heavy atom. The molecule has 1 fully saturated rings. The lowest BCUT2D eigenvalue weighted by atomic mass is 10.1. The third-order valence-electron chi connectivity index (χ3n) is 6.85.